The Morgan fingerprint density at radius 1 is 0.943 bits per heavy atom. The third-order valence-electron chi connectivity index (χ3n) is 5.24. The van der Waals surface area contributed by atoms with E-state index in [1.165, 1.54) is 32.2 Å². The summed E-state index contributed by atoms with van der Waals surface area (Å²) in [5.74, 6) is 0.0443. The Morgan fingerprint density at radius 2 is 1.66 bits per heavy atom. The lowest BCUT2D eigenvalue weighted by Crippen LogP contribution is -2.30. The molecule has 0 aliphatic heterocycles. The first-order valence-corrected chi connectivity index (χ1v) is 11.7. The van der Waals surface area contributed by atoms with E-state index < -0.39 is 0 Å². The smallest absolute Gasteiger partial charge is 0.257 e. The van der Waals surface area contributed by atoms with Crippen molar-refractivity contribution in [3.63, 3.8) is 0 Å². The molecule has 3 aromatic rings. The molecule has 3 rings (SSSR count). The first kappa shape index (κ1) is 26.3. The predicted molar refractivity (Wildman–Crippen MR) is 135 cm³/mol. The molecule has 0 unspecified atom stereocenters. The van der Waals surface area contributed by atoms with Crippen LogP contribution in [-0.4, -0.2) is 44.0 Å². The highest BCUT2D eigenvalue weighted by Gasteiger charge is 2.23. The molecule has 0 spiro atoms. The van der Waals surface area contributed by atoms with Gasteiger partial charge in [-0.25, -0.2) is 0 Å². The number of nitrogens with zero attached hydrogens (tertiary/aromatic N) is 1. The van der Waals surface area contributed by atoms with E-state index in [0.29, 0.717) is 17.9 Å². The van der Waals surface area contributed by atoms with Gasteiger partial charge in [-0.05, 0) is 30.5 Å². The number of rotatable bonds is 12. The van der Waals surface area contributed by atoms with Crippen LogP contribution in [0.1, 0.15) is 27.9 Å². The van der Waals surface area contributed by atoms with E-state index in [-0.39, 0.29) is 51.8 Å². The second kappa shape index (κ2) is 13.0. The summed E-state index contributed by atoms with van der Waals surface area (Å²) in [6.07, 6.45) is 4.39. The van der Waals surface area contributed by atoms with Gasteiger partial charge in [-0.15, -0.1) is 0 Å². The summed E-state index contributed by atoms with van der Waals surface area (Å²) in [6, 6.07) is 13.2. The van der Waals surface area contributed by atoms with Gasteiger partial charge in [-0.3, -0.25) is 14.6 Å². The van der Waals surface area contributed by atoms with Crippen molar-refractivity contribution in [3.05, 3.63) is 81.6 Å². The van der Waals surface area contributed by atoms with E-state index in [1.54, 1.807) is 12.1 Å². The summed E-state index contributed by atoms with van der Waals surface area (Å²) in [5.41, 5.74) is 1.87. The third kappa shape index (κ3) is 7.10. The number of hydrogen-bond donors (Lipinski definition) is 1. The molecule has 1 aromatic heterocycles. The van der Waals surface area contributed by atoms with Crippen LogP contribution in [0, 0.1) is 0 Å². The fourth-order valence-electron chi connectivity index (χ4n) is 3.48. The van der Waals surface area contributed by atoms with Gasteiger partial charge in [0, 0.05) is 30.9 Å². The summed E-state index contributed by atoms with van der Waals surface area (Å²) < 4.78 is 16.6. The number of aromatic nitrogens is 1. The Bertz CT molecular complexity index is 1150. The summed E-state index contributed by atoms with van der Waals surface area (Å²) in [4.78, 5) is 29.5. The van der Waals surface area contributed by atoms with E-state index in [2.05, 4.69) is 10.3 Å². The average Bonchev–Trinajstić information content (AvgIpc) is 2.87. The second-order valence-corrected chi connectivity index (χ2v) is 8.40. The van der Waals surface area contributed by atoms with Gasteiger partial charge in [0.1, 0.15) is 0 Å². The normalized spacial score (nSPS) is 10.5. The van der Waals surface area contributed by atoms with Crippen LogP contribution >= 0.6 is 23.2 Å². The van der Waals surface area contributed by atoms with Gasteiger partial charge in [0.05, 0.1) is 29.8 Å². The minimum absolute atomic E-state index is 0.0856. The molecule has 0 fully saturated rings. The molecule has 1 heterocycles. The van der Waals surface area contributed by atoms with Crippen molar-refractivity contribution in [1.29, 1.82) is 0 Å². The molecular formula is C26H26Cl2N2O5. The van der Waals surface area contributed by atoms with E-state index >= 15 is 0 Å². The van der Waals surface area contributed by atoms with Gasteiger partial charge in [0.15, 0.2) is 23.9 Å². The molecule has 0 atom stereocenters. The van der Waals surface area contributed by atoms with Crippen molar-refractivity contribution in [2.45, 2.75) is 19.3 Å². The summed E-state index contributed by atoms with van der Waals surface area (Å²) in [5, 5.41) is 3.39. The SMILES string of the molecule is COc1ccc(C(=O)Cc2c(Cl)cncc2Cl)c(OCC(=O)NCCCc2ccccc2)c1OC. The highest BCUT2D eigenvalue weighted by molar-refractivity contribution is 6.36. The zero-order chi connectivity index (χ0) is 25.2. The van der Waals surface area contributed by atoms with Crippen LogP contribution in [0.3, 0.4) is 0 Å². The highest BCUT2D eigenvalue weighted by atomic mass is 35.5. The lowest BCUT2D eigenvalue weighted by Gasteiger charge is -2.17. The summed E-state index contributed by atoms with van der Waals surface area (Å²) in [6.45, 7) is 0.197. The minimum Gasteiger partial charge on any atom is -0.493 e. The fourth-order valence-corrected chi connectivity index (χ4v) is 3.98. The Labute approximate surface area is 214 Å². The van der Waals surface area contributed by atoms with Crippen molar-refractivity contribution in [2.24, 2.45) is 0 Å². The maximum Gasteiger partial charge on any atom is 0.257 e. The number of Topliss-reactive ketones (excluding diaryl/α,β-unsaturated/α-hetero) is 1. The van der Waals surface area contributed by atoms with E-state index in [1.807, 2.05) is 30.3 Å². The fraction of sp³-hybridized carbons (Fsp3) is 0.269. The zero-order valence-corrected chi connectivity index (χ0v) is 21.0. The number of hydrogen-bond acceptors (Lipinski definition) is 6. The predicted octanol–water partition coefficient (Wildman–Crippen LogP) is 4.96. The molecule has 2 aromatic carbocycles. The molecule has 7 nitrogen and oxygen atoms in total. The third-order valence-corrected chi connectivity index (χ3v) is 5.90. The van der Waals surface area contributed by atoms with Crippen LogP contribution in [0.25, 0.3) is 0 Å². The number of nitrogens with one attached hydrogen (secondary N) is 1. The van der Waals surface area contributed by atoms with E-state index in [0.717, 1.165) is 12.8 Å². The molecule has 0 saturated carbocycles. The van der Waals surface area contributed by atoms with E-state index in [9.17, 15) is 9.59 Å². The van der Waals surface area contributed by atoms with Crippen molar-refractivity contribution in [1.82, 2.24) is 10.3 Å². The molecule has 1 N–H and O–H groups in total. The molecular weight excluding hydrogens is 491 g/mol. The second-order valence-electron chi connectivity index (χ2n) is 7.59. The molecule has 0 aliphatic rings. The van der Waals surface area contributed by atoms with Crippen LogP contribution < -0.4 is 19.5 Å². The topological polar surface area (TPSA) is 86.8 Å². The first-order chi connectivity index (χ1) is 16.9. The lowest BCUT2D eigenvalue weighted by atomic mass is 10.0. The molecule has 0 radical (unpaired) electrons. The quantitative estimate of drug-likeness (QED) is 0.270. The highest BCUT2D eigenvalue weighted by Crippen LogP contribution is 2.40. The number of aryl methyl sites for hydroxylation is 1. The zero-order valence-electron chi connectivity index (χ0n) is 19.5. The molecule has 0 saturated heterocycles. The lowest BCUT2D eigenvalue weighted by molar-refractivity contribution is -0.123. The largest absolute Gasteiger partial charge is 0.493 e. The monoisotopic (exact) mass is 516 g/mol. The van der Waals surface area contributed by atoms with Gasteiger partial charge in [-0.1, -0.05) is 53.5 Å². The number of pyridine rings is 1. The van der Waals surface area contributed by atoms with Crippen molar-refractivity contribution in [2.75, 3.05) is 27.4 Å². The number of ketones is 1. The Hall–Kier alpha value is -3.29. The standard InChI is InChI=1S/C26H26Cl2N2O5/c1-33-23-11-10-18(22(31)13-19-20(27)14-29-15-21(19)28)25(26(23)34-2)35-16-24(32)30-12-6-9-17-7-4-3-5-8-17/h3-5,7-8,10-11,14-15H,6,9,12-13,16H2,1-2H3,(H,30,32). The molecule has 1 amide bonds. The Kier molecular flexibility index (Phi) is 9.76. The van der Waals surface area contributed by atoms with Crippen molar-refractivity contribution < 1.29 is 23.8 Å². The number of methoxy groups -OCH3 is 2. The number of carbonyl (C=O) groups is 2. The summed E-state index contributed by atoms with van der Waals surface area (Å²) >= 11 is 12.4. The maximum absolute atomic E-state index is 13.2. The number of halogens is 2. The first-order valence-electron chi connectivity index (χ1n) is 10.9. The number of amides is 1. The van der Waals surface area contributed by atoms with Crippen molar-refractivity contribution >= 4 is 34.9 Å². The number of carbonyl (C=O) groups excluding carboxylic acids is 2. The van der Waals surface area contributed by atoms with Gasteiger partial charge in [-0.2, -0.15) is 0 Å². The van der Waals surface area contributed by atoms with Gasteiger partial charge in [0.25, 0.3) is 5.91 Å². The average molecular weight is 517 g/mol. The van der Waals surface area contributed by atoms with Crippen LogP contribution in [0.15, 0.2) is 54.9 Å². The molecule has 0 bridgehead atoms. The Balaban J connectivity index is 1.69. The van der Waals surface area contributed by atoms with Crippen LogP contribution in [-0.2, 0) is 17.6 Å². The van der Waals surface area contributed by atoms with Gasteiger partial charge < -0.3 is 19.5 Å². The maximum atomic E-state index is 13.2. The molecule has 0 aliphatic carbocycles. The molecule has 35 heavy (non-hydrogen) atoms. The molecule has 184 valence electrons. The van der Waals surface area contributed by atoms with Crippen LogP contribution in [0.4, 0.5) is 0 Å². The van der Waals surface area contributed by atoms with Crippen LogP contribution in [0.2, 0.25) is 10.0 Å². The number of ether oxygens (including phenoxy) is 3. The van der Waals surface area contributed by atoms with Gasteiger partial charge in [0.2, 0.25) is 5.75 Å². The summed E-state index contributed by atoms with van der Waals surface area (Å²) in [7, 11) is 2.90. The minimum atomic E-state index is -0.320. The number of benzene rings is 2. The van der Waals surface area contributed by atoms with Crippen molar-refractivity contribution in [3.8, 4) is 17.2 Å². The molecule has 9 heteroatoms. The van der Waals surface area contributed by atoms with E-state index in [4.69, 9.17) is 37.4 Å². The van der Waals surface area contributed by atoms with Gasteiger partial charge >= 0.3 is 0 Å². The van der Waals surface area contributed by atoms with Crippen LogP contribution in [0.5, 0.6) is 17.2 Å². The Morgan fingerprint density at radius 3 is 2.31 bits per heavy atom.